The fourth-order valence-corrected chi connectivity index (χ4v) is 2.67. The summed E-state index contributed by atoms with van der Waals surface area (Å²) in [6.45, 7) is 1.82. The minimum Gasteiger partial charge on any atom is -0.459 e. The van der Waals surface area contributed by atoms with E-state index in [0.717, 1.165) is 5.56 Å². The van der Waals surface area contributed by atoms with Crippen molar-refractivity contribution in [3.05, 3.63) is 79.8 Å². The monoisotopic (exact) mass is 376 g/mol. The van der Waals surface area contributed by atoms with Crippen LogP contribution < -0.4 is 5.56 Å². The third-order valence-electron chi connectivity index (χ3n) is 3.57. The van der Waals surface area contributed by atoms with E-state index in [1.165, 1.54) is 10.5 Å². The van der Waals surface area contributed by atoms with Crippen molar-refractivity contribution in [2.45, 2.75) is 20.0 Å². The van der Waals surface area contributed by atoms with Gasteiger partial charge in [-0.05, 0) is 36.2 Å². The molecule has 128 valence electrons. The van der Waals surface area contributed by atoms with Gasteiger partial charge in [-0.25, -0.2) is 4.98 Å². The van der Waals surface area contributed by atoms with Gasteiger partial charge in [0, 0.05) is 12.3 Å². The van der Waals surface area contributed by atoms with Gasteiger partial charge in [-0.1, -0.05) is 35.3 Å². The predicted octanol–water partition coefficient (Wildman–Crippen LogP) is 3.60. The lowest BCUT2D eigenvalue weighted by atomic mass is 10.1. The average molecular weight is 377 g/mol. The number of esters is 1. The molecule has 0 radical (unpaired) electrons. The van der Waals surface area contributed by atoms with Gasteiger partial charge < -0.3 is 4.74 Å². The van der Waals surface area contributed by atoms with E-state index in [2.05, 4.69) is 4.98 Å². The van der Waals surface area contributed by atoms with Crippen molar-refractivity contribution in [2.75, 3.05) is 0 Å². The van der Waals surface area contributed by atoms with E-state index in [1.54, 1.807) is 30.5 Å². The van der Waals surface area contributed by atoms with Crippen LogP contribution in [0.4, 0.5) is 0 Å². The molecular formula is C18H14Cl2N2O3. The maximum absolute atomic E-state index is 12.1. The molecule has 5 nitrogen and oxygen atoms in total. The fourth-order valence-electron chi connectivity index (χ4n) is 2.35. The van der Waals surface area contributed by atoms with E-state index >= 15 is 0 Å². The SMILES string of the molecule is Cc1ccc2nc(COC(=O)Cc3ccc(Cl)c(Cl)c3)cc(=O)n2c1. The molecule has 0 aliphatic rings. The van der Waals surface area contributed by atoms with E-state index in [-0.39, 0.29) is 18.6 Å². The van der Waals surface area contributed by atoms with Gasteiger partial charge in [-0.3, -0.25) is 14.0 Å². The van der Waals surface area contributed by atoms with Crippen molar-refractivity contribution in [1.29, 1.82) is 0 Å². The standard InChI is InChI=1S/C18H14Cl2N2O3/c1-11-2-5-16-21-13(8-17(23)22(16)9-11)10-25-18(24)7-12-3-4-14(19)15(20)6-12/h2-6,8-9H,7,10H2,1H3. The summed E-state index contributed by atoms with van der Waals surface area (Å²) in [5.74, 6) is -0.440. The average Bonchev–Trinajstić information content (AvgIpc) is 2.57. The zero-order valence-electron chi connectivity index (χ0n) is 13.3. The van der Waals surface area contributed by atoms with Crippen LogP contribution >= 0.6 is 23.2 Å². The number of fused-ring (bicyclic) bond motifs is 1. The number of carbonyl (C=O) groups is 1. The quantitative estimate of drug-likeness (QED) is 0.652. The van der Waals surface area contributed by atoms with Crippen LogP contribution in [0.15, 0.2) is 47.4 Å². The van der Waals surface area contributed by atoms with Crippen LogP contribution in [-0.2, 0) is 22.6 Å². The third kappa shape index (κ3) is 4.18. The molecule has 0 amide bonds. The highest BCUT2D eigenvalue weighted by Gasteiger charge is 2.09. The highest BCUT2D eigenvalue weighted by atomic mass is 35.5. The highest BCUT2D eigenvalue weighted by molar-refractivity contribution is 6.42. The summed E-state index contributed by atoms with van der Waals surface area (Å²) in [5, 5.41) is 0.807. The largest absolute Gasteiger partial charge is 0.459 e. The van der Waals surface area contributed by atoms with Gasteiger partial charge in [-0.2, -0.15) is 0 Å². The van der Waals surface area contributed by atoms with Crippen LogP contribution in [0.3, 0.4) is 0 Å². The molecule has 0 saturated carbocycles. The Morgan fingerprint density at radius 3 is 2.72 bits per heavy atom. The molecule has 0 unspecified atom stereocenters. The summed E-state index contributed by atoms with van der Waals surface area (Å²) in [6.07, 6.45) is 1.77. The van der Waals surface area contributed by atoms with Gasteiger partial charge in [0.15, 0.2) is 0 Å². The van der Waals surface area contributed by atoms with Crippen molar-refractivity contribution in [3.8, 4) is 0 Å². The van der Waals surface area contributed by atoms with E-state index in [4.69, 9.17) is 27.9 Å². The van der Waals surface area contributed by atoms with Crippen LogP contribution in [0.25, 0.3) is 5.65 Å². The molecule has 7 heteroatoms. The Labute approximate surface area is 153 Å². The van der Waals surface area contributed by atoms with Crippen molar-refractivity contribution in [2.24, 2.45) is 0 Å². The lowest BCUT2D eigenvalue weighted by molar-refractivity contribution is -0.144. The Morgan fingerprint density at radius 2 is 1.96 bits per heavy atom. The molecule has 0 aliphatic heterocycles. The summed E-state index contributed by atoms with van der Waals surface area (Å²) < 4.78 is 6.66. The number of carbonyl (C=O) groups excluding carboxylic acids is 1. The molecule has 2 heterocycles. The summed E-state index contributed by atoms with van der Waals surface area (Å²) in [4.78, 5) is 28.4. The van der Waals surface area contributed by atoms with Crippen LogP contribution in [0.2, 0.25) is 10.0 Å². The molecule has 0 fully saturated rings. The zero-order chi connectivity index (χ0) is 18.0. The van der Waals surface area contributed by atoms with E-state index in [1.807, 2.05) is 13.0 Å². The molecule has 1 aromatic carbocycles. The molecule has 0 N–H and O–H groups in total. The van der Waals surface area contributed by atoms with Crippen molar-refractivity contribution < 1.29 is 9.53 Å². The molecule has 0 saturated heterocycles. The van der Waals surface area contributed by atoms with Gasteiger partial charge in [0.05, 0.1) is 22.2 Å². The first kappa shape index (κ1) is 17.5. The van der Waals surface area contributed by atoms with E-state index < -0.39 is 5.97 Å². The number of hydrogen-bond acceptors (Lipinski definition) is 4. The second kappa shape index (κ2) is 7.25. The Bertz CT molecular complexity index is 1010. The van der Waals surface area contributed by atoms with Gasteiger partial charge in [0.1, 0.15) is 12.3 Å². The van der Waals surface area contributed by atoms with Gasteiger partial charge in [0.2, 0.25) is 0 Å². The first-order valence-electron chi connectivity index (χ1n) is 7.51. The number of rotatable bonds is 4. The number of ether oxygens (including phenoxy) is 1. The summed E-state index contributed by atoms with van der Waals surface area (Å²) in [7, 11) is 0. The minimum atomic E-state index is -0.440. The Hall–Kier alpha value is -2.37. The number of aromatic nitrogens is 2. The van der Waals surface area contributed by atoms with Gasteiger partial charge in [0.25, 0.3) is 5.56 Å². The number of hydrogen-bond donors (Lipinski definition) is 0. The summed E-state index contributed by atoms with van der Waals surface area (Å²) in [6, 6.07) is 9.92. The van der Waals surface area contributed by atoms with E-state index in [0.29, 0.717) is 26.9 Å². The predicted molar refractivity (Wildman–Crippen MR) is 96.2 cm³/mol. The number of pyridine rings is 1. The molecular weight excluding hydrogens is 363 g/mol. The maximum atomic E-state index is 12.1. The number of halogens is 2. The molecule has 0 spiro atoms. The van der Waals surface area contributed by atoms with Crippen molar-refractivity contribution in [3.63, 3.8) is 0 Å². The van der Waals surface area contributed by atoms with Crippen LogP contribution in [0, 0.1) is 6.92 Å². The molecule has 3 aromatic rings. The molecule has 25 heavy (non-hydrogen) atoms. The third-order valence-corrected chi connectivity index (χ3v) is 4.31. The second-order valence-electron chi connectivity index (χ2n) is 5.61. The first-order valence-corrected chi connectivity index (χ1v) is 8.26. The number of benzene rings is 1. The Morgan fingerprint density at radius 1 is 1.16 bits per heavy atom. The van der Waals surface area contributed by atoms with Crippen LogP contribution in [-0.4, -0.2) is 15.4 Å². The smallest absolute Gasteiger partial charge is 0.310 e. The summed E-state index contributed by atoms with van der Waals surface area (Å²) >= 11 is 11.8. The lowest BCUT2D eigenvalue weighted by Crippen LogP contribution is -2.17. The molecule has 0 atom stereocenters. The molecule has 2 aromatic heterocycles. The second-order valence-corrected chi connectivity index (χ2v) is 6.42. The van der Waals surface area contributed by atoms with Gasteiger partial charge >= 0.3 is 5.97 Å². The van der Waals surface area contributed by atoms with Crippen LogP contribution in [0.1, 0.15) is 16.8 Å². The van der Waals surface area contributed by atoms with Crippen LogP contribution in [0.5, 0.6) is 0 Å². The van der Waals surface area contributed by atoms with Gasteiger partial charge in [-0.15, -0.1) is 0 Å². The normalized spacial score (nSPS) is 10.8. The van der Waals surface area contributed by atoms with Crippen molar-refractivity contribution in [1.82, 2.24) is 9.38 Å². The highest BCUT2D eigenvalue weighted by Crippen LogP contribution is 2.22. The molecule has 3 rings (SSSR count). The number of aryl methyl sites for hydroxylation is 1. The van der Waals surface area contributed by atoms with Crippen molar-refractivity contribution >= 4 is 34.8 Å². The van der Waals surface area contributed by atoms with E-state index in [9.17, 15) is 9.59 Å². The summed E-state index contributed by atoms with van der Waals surface area (Å²) in [5.41, 5.74) is 2.34. The zero-order valence-corrected chi connectivity index (χ0v) is 14.8. The topological polar surface area (TPSA) is 60.7 Å². The first-order chi connectivity index (χ1) is 11.9. The fraction of sp³-hybridized carbons (Fsp3) is 0.167. The number of nitrogens with zero attached hydrogens (tertiary/aromatic N) is 2. The molecule has 0 bridgehead atoms. The molecule has 0 aliphatic carbocycles. The Balaban J connectivity index is 1.69. The minimum absolute atomic E-state index is 0.0582. The lowest BCUT2D eigenvalue weighted by Gasteiger charge is -2.07. The Kier molecular flexibility index (Phi) is 5.06. The maximum Gasteiger partial charge on any atom is 0.310 e.